The van der Waals surface area contributed by atoms with Gasteiger partial charge in [0, 0.05) is 54.3 Å². The van der Waals surface area contributed by atoms with Gasteiger partial charge in [-0.15, -0.1) is 0 Å². The van der Waals surface area contributed by atoms with Crippen LogP contribution in [-0.2, 0) is 35.6 Å². The summed E-state index contributed by atoms with van der Waals surface area (Å²) in [6.45, 7) is 15.8. The Labute approximate surface area is 329 Å². The summed E-state index contributed by atoms with van der Waals surface area (Å²) < 4.78 is 26.2. The molecule has 2 N–H and O–H groups in total. The molecular weight excluding hydrogens is 711 g/mol. The van der Waals surface area contributed by atoms with E-state index in [1.54, 1.807) is 11.9 Å². The highest BCUT2D eigenvalue weighted by Crippen LogP contribution is 2.39. The molecule has 1 amide bonds. The normalized spacial score (nSPS) is 13.7. The molecule has 0 unspecified atom stereocenters. The molecular formula is C44H58N5O7+. The van der Waals surface area contributed by atoms with E-state index < -0.39 is 17.7 Å². The fraction of sp³-hybridized carbons (Fsp3) is 0.477. The summed E-state index contributed by atoms with van der Waals surface area (Å²) in [5.74, 6) is 0.426. The lowest BCUT2D eigenvalue weighted by molar-refractivity contribution is -0.0909. The lowest BCUT2D eigenvalue weighted by atomic mass is 9.98. The second-order valence-electron chi connectivity index (χ2n) is 15.4. The van der Waals surface area contributed by atoms with Crippen molar-refractivity contribution in [1.82, 2.24) is 24.1 Å². The summed E-state index contributed by atoms with van der Waals surface area (Å²) in [6, 6.07) is 20.4. The summed E-state index contributed by atoms with van der Waals surface area (Å²) in [7, 11) is 1.73. The van der Waals surface area contributed by atoms with Crippen molar-refractivity contribution in [2.45, 2.75) is 79.2 Å². The average molecular weight is 769 g/mol. The second kappa shape index (κ2) is 18.4. The Morgan fingerprint density at radius 1 is 0.946 bits per heavy atom. The summed E-state index contributed by atoms with van der Waals surface area (Å²) in [6.07, 6.45) is 1.37. The van der Waals surface area contributed by atoms with Crippen LogP contribution in [0.1, 0.15) is 68.0 Å². The van der Waals surface area contributed by atoms with Gasteiger partial charge in [-0.05, 0) is 70.9 Å². The molecule has 0 radical (unpaired) electrons. The molecule has 56 heavy (non-hydrogen) atoms. The van der Waals surface area contributed by atoms with Crippen LogP contribution in [0, 0.1) is 6.92 Å². The van der Waals surface area contributed by atoms with Crippen LogP contribution in [-0.4, -0.2) is 111 Å². The van der Waals surface area contributed by atoms with Crippen molar-refractivity contribution in [3.63, 3.8) is 0 Å². The van der Waals surface area contributed by atoms with Crippen molar-refractivity contribution < 1.29 is 33.6 Å². The minimum Gasteiger partial charge on any atom is -0.493 e. The number of morpholine rings is 1. The number of hydrogen-bond donors (Lipinski definition) is 1. The Morgan fingerprint density at radius 3 is 2.43 bits per heavy atom. The topological polar surface area (TPSA) is 124 Å². The van der Waals surface area contributed by atoms with E-state index in [0.717, 1.165) is 82.7 Å². The van der Waals surface area contributed by atoms with Gasteiger partial charge in [0.05, 0.1) is 50.7 Å². The molecule has 3 heterocycles. The van der Waals surface area contributed by atoms with E-state index in [2.05, 4.69) is 38.5 Å². The zero-order chi connectivity index (χ0) is 39.8. The van der Waals surface area contributed by atoms with Crippen molar-refractivity contribution in [3.05, 3.63) is 83.3 Å². The van der Waals surface area contributed by atoms with Gasteiger partial charge in [-0.2, -0.15) is 5.10 Å². The van der Waals surface area contributed by atoms with E-state index in [1.807, 2.05) is 75.7 Å². The maximum absolute atomic E-state index is 14.1. The molecule has 1 fully saturated rings. The summed E-state index contributed by atoms with van der Waals surface area (Å²) in [5.41, 5.74) is 4.91. The number of nitrogens with zero attached hydrogens (tertiary/aromatic N) is 5. The Bertz CT molecular complexity index is 2120. The number of esters is 1. The highest BCUT2D eigenvalue weighted by molar-refractivity contribution is 6.05. The van der Waals surface area contributed by atoms with E-state index in [4.69, 9.17) is 19.3 Å². The van der Waals surface area contributed by atoms with Crippen LogP contribution in [0.4, 0.5) is 4.79 Å². The largest absolute Gasteiger partial charge is 0.493 e. The van der Waals surface area contributed by atoms with Gasteiger partial charge in [-0.3, -0.25) is 9.58 Å². The number of aliphatic hydroxyl groups excluding tert-OH is 1. The molecule has 0 saturated carbocycles. The van der Waals surface area contributed by atoms with Gasteiger partial charge in [0.1, 0.15) is 17.0 Å². The van der Waals surface area contributed by atoms with Gasteiger partial charge in [0.25, 0.3) is 0 Å². The molecule has 0 atom stereocenters. The second-order valence-corrected chi connectivity index (χ2v) is 15.4. The molecule has 0 spiro atoms. The molecule has 6 rings (SSSR count). The number of rotatable bonds is 16. The maximum atomic E-state index is 14.1. The lowest BCUT2D eigenvalue weighted by Gasteiger charge is -2.25. The monoisotopic (exact) mass is 768 g/mol. The van der Waals surface area contributed by atoms with E-state index in [-0.39, 0.29) is 13.2 Å². The van der Waals surface area contributed by atoms with Crippen molar-refractivity contribution >= 4 is 33.7 Å². The van der Waals surface area contributed by atoms with Crippen molar-refractivity contribution in [2.24, 2.45) is 0 Å². The molecule has 12 nitrogen and oxygen atoms in total. The minimum atomic E-state index is -0.615. The number of amides is 1. The van der Waals surface area contributed by atoms with Crippen LogP contribution in [0.25, 0.3) is 32.8 Å². The van der Waals surface area contributed by atoms with Gasteiger partial charge in [-0.1, -0.05) is 54.6 Å². The molecule has 1 aliphatic rings. The molecule has 2 aromatic heterocycles. The first-order valence-corrected chi connectivity index (χ1v) is 19.9. The zero-order valence-electron chi connectivity index (χ0n) is 33.8. The highest BCUT2D eigenvalue weighted by atomic mass is 16.6. The van der Waals surface area contributed by atoms with Crippen molar-refractivity contribution in [3.8, 4) is 16.9 Å². The molecule has 12 heteroatoms. The van der Waals surface area contributed by atoms with Gasteiger partial charge in [0.2, 0.25) is 0 Å². The number of ether oxygens (including phenoxy) is 4. The van der Waals surface area contributed by atoms with Crippen LogP contribution in [0.15, 0.2) is 60.7 Å². The first-order valence-electron chi connectivity index (χ1n) is 19.9. The molecule has 300 valence electrons. The number of aryl methyl sites for hydroxylation is 2. The Kier molecular flexibility index (Phi) is 13.4. The number of carbonyl (C=O) groups excluding carboxylic acids is 2. The molecule has 3 aromatic carbocycles. The first-order chi connectivity index (χ1) is 27.0. The zero-order valence-corrected chi connectivity index (χ0v) is 33.8. The fourth-order valence-corrected chi connectivity index (χ4v) is 7.64. The standard InChI is InChI=1S/C44H57N5O7/c1-7-54-42(51)41-35(19-12-27-55-38-20-10-15-32-14-8-9-16-33(32)38)34-17-11-18-36(40(34)48(41)22-13-21-46(6)43(52)56-44(3,4)5)39-31(2)49(45-37(39)30-50)24-23-47-25-28-53-29-26-47/h8-11,14-18,20,50H,7,12-13,19,21-30H2,1-6H3/p+1. The number of aliphatic hydroxyl groups is 3. The van der Waals surface area contributed by atoms with E-state index >= 15 is 0 Å². The number of fused-ring (bicyclic) bond motifs is 2. The Hall–Kier alpha value is -4.91. The van der Waals surface area contributed by atoms with Crippen LogP contribution in [0.3, 0.4) is 0 Å². The van der Waals surface area contributed by atoms with Gasteiger partial charge >= 0.3 is 12.1 Å². The quantitative estimate of drug-likeness (QED) is 0.0665. The minimum absolute atomic E-state index is 0.226. The third kappa shape index (κ3) is 9.37. The molecule has 0 bridgehead atoms. The van der Waals surface area contributed by atoms with E-state index in [9.17, 15) is 14.7 Å². The van der Waals surface area contributed by atoms with Crippen LogP contribution in [0.5, 0.6) is 5.75 Å². The third-order valence-electron chi connectivity index (χ3n) is 10.3. The molecule has 1 saturated heterocycles. The summed E-state index contributed by atoms with van der Waals surface area (Å²) >= 11 is 0. The lowest BCUT2D eigenvalue weighted by Crippen LogP contribution is -2.39. The van der Waals surface area contributed by atoms with Crippen LogP contribution >= 0.6 is 0 Å². The predicted molar refractivity (Wildman–Crippen MR) is 219 cm³/mol. The van der Waals surface area contributed by atoms with Crippen molar-refractivity contribution in [1.29, 1.82) is 0 Å². The maximum Gasteiger partial charge on any atom is 0.410 e. The number of para-hydroxylation sites is 1. The molecule has 0 aliphatic carbocycles. The fourth-order valence-electron chi connectivity index (χ4n) is 7.64. The van der Waals surface area contributed by atoms with Gasteiger partial charge in [0.15, 0.2) is 13.2 Å². The van der Waals surface area contributed by atoms with E-state index in [1.165, 1.54) is 0 Å². The smallest absolute Gasteiger partial charge is 0.410 e. The SMILES string of the molecule is CCOC(=O)c1c(CCCOc2cccc3ccccc23)c2cccc(-c3c(CO)nn(CCN4CC[OH+]CC4)c3C)c2n1CCCN(C)C(=O)OC(C)(C)C. The van der Waals surface area contributed by atoms with E-state index in [0.29, 0.717) is 56.9 Å². The number of carbonyl (C=O) groups is 2. The number of benzene rings is 3. The average Bonchev–Trinajstić information content (AvgIpc) is 3.68. The first kappa shape index (κ1) is 40.7. The van der Waals surface area contributed by atoms with Crippen LogP contribution in [0.2, 0.25) is 0 Å². The number of hydrogen-bond acceptors (Lipinski definition) is 8. The molecule has 1 aliphatic heterocycles. The summed E-state index contributed by atoms with van der Waals surface area (Å²) in [4.78, 5) is 30.9. The van der Waals surface area contributed by atoms with Crippen molar-refractivity contribution in [2.75, 3.05) is 59.7 Å². The predicted octanol–water partition coefficient (Wildman–Crippen LogP) is 6.75. The Morgan fingerprint density at radius 2 is 1.68 bits per heavy atom. The third-order valence-corrected chi connectivity index (χ3v) is 10.3. The number of aromatic nitrogens is 3. The van der Waals surface area contributed by atoms with Crippen LogP contribution < -0.4 is 4.74 Å². The summed E-state index contributed by atoms with van der Waals surface area (Å²) in [5, 5.41) is 18.7. The molecule has 5 aromatic rings. The van der Waals surface area contributed by atoms with Gasteiger partial charge < -0.3 is 33.5 Å². The Balaban J connectivity index is 1.38. The van der Waals surface area contributed by atoms with Gasteiger partial charge in [-0.25, -0.2) is 9.59 Å². The highest BCUT2D eigenvalue weighted by Gasteiger charge is 2.28.